The molecule has 10 nitrogen and oxygen atoms in total. The van der Waals surface area contributed by atoms with Crippen molar-refractivity contribution in [1.82, 2.24) is 9.97 Å². The Morgan fingerprint density at radius 3 is 1.82 bits per heavy atom. The Morgan fingerprint density at radius 1 is 0.725 bits per heavy atom. The number of para-hydroxylation sites is 2. The van der Waals surface area contributed by atoms with Crippen molar-refractivity contribution in [3.63, 3.8) is 0 Å². The van der Waals surface area contributed by atoms with Crippen molar-refractivity contribution in [2.75, 3.05) is 9.80 Å². The number of hydrogen-bond acceptors (Lipinski definition) is 8. The Balaban J connectivity index is 1.45. The first-order valence-corrected chi connectivity index (χ1v) is 13.6. The number of fused-ring (bicyclic) bond motifs is 1. The second-order valence-corrected chi connectivity index (χ2v) is 10.3. The number of nitrogens with zero attached hydrogens (tertiary/aromatic N) is 6. The number of allylic oxidation sites excluding steroid dienone is 5. The number of aromatic nitrogens is 2. The van der Waals surface area contributed by atoms with Gasteiger partial charge in [0.05, 0.1) is 26.9 Å². The molecule has 0 atom stereocenters. The highest BCUT2D eigenvalue weighted by atomic mass is 32.2. The molecule has 0 saturated heterocycles. The van der Waals surface area contributed by atoms with Gasteiger partial charge < -0.3 is 0 Å². The number of sulfonamides is 1. The maximum absolute atomic E-state index is 12.9. The van der Waals surface area contributed by atoms with Gasteiger partial charge in [-0.3, -0.25) is 19.9 Å². The number of nitro benzene ring substituents is 1. The lowest BCUT2D eigenvalue weighted by atomic mass is 10.1. The molecule has 196 valence electrons. The van der Waals surface area contributed by atoms with E-state index >= 15 is 0 Å². The van der Waals surface area contributed by atoms with E-state index in [0.29, 0.717) is 11.6 Å². The van der Waals surface area contributed by atoms with Crippen LogP contribution >= 0.6 is 0 Å². The monoisotopic (exact) mass is 548 g/mol. The zero-order chi connectivity index (χ0) is 27.7. The van der Waals surface area contributed by atoms with Crippen molar-refractivity contribution in [3.05, 3.63) is 143 Å². The molecule has 1 aliphatic heterocycles. The molecule has 40 heavy (non-hydrogen) atoms. The Morgan fingerprint density at radius 2 is 1.30 bits per heavy atom. The zero-order valence-corrected chi connectivity index (χ0v) is 21.6. The van der Waals surface area contributed by atoms with Crippen LogP contribution in [0.15, 0.2) is 142 Å². The van der Waals surface area contributed by atoms with Gasteiger partial charge in [-0.05, 0) is 66.8 Å². The van der Waals surface area contributed by atoms with Gasteiger partial charge in [-0.2, -0.15) is 12.8 Å². The molecular weight excluding hydrogens is 528 g/mol. The topological polar surface area (TPSA) is 122 Å². The first kappa shape index (κ1) is 24.9. The Kier molecular flexibility index (Phi) is 6.25. The van der Waals surface area contributed by atoms with Crippen molar-refractivity contribution >= 4 is 44.4 Å². The normalized spacial score (nSPS) is 14.4. The number of anilines is 4. The fraction of sp³-hybridized carbons (Fsp3) is 0. The summed E-state index contributed by atoms with van der Waals surface area (Å²) >= 11 is 0. The minimum atomic E-state index is -4.18. The number of pyridine rings is 2. The van der Waals surface area contributed by atoms with Gasteiger partial charge in [0.15, 0.2) is 0 Å². The molecule has 3 heterocycles. The zero-order valence-electron chi connectivity index (χ0n) is 20.8. The quantitative estimate of drug-likeness (QED) is 0.225. The largest absolute Gasteiger partial charge is 0.283 e. The smallest absolute Gasteiger partial charge is 0.277 e. The Bertz CT molecular complexity index is 1770. The molecule has 0 amide bonds. The SMILES string of the molecule is O=[N+]([O-])c1cccc(S(=O)(=O)N=C2C=CC(=C3N(c4ccccn4)c4ccccc4N3c3ccccn3)C=C2)c1. The van der Waals surface area contributed by atoms with Crippen molar-refractivity contribution in [1.29, 1.82) is 0 Å². The van der Waals surface area contributed by atoms with Gasteiger partial charge in [-0.25, -0.2) is 9.97 Å². The highest BCUT2D eigenvalue weighted by Gasteiger charge is 2.36. The van der Waals surface area contributed by atoms with E-state index in [4.69, 9.17) is 0 Å². The lowest BCUT2D eigenvalue weighted by molar-refractivity contribution is -0.385. The number of non-ortho nitro benzene ring substituents is 1. The van der Waals surface area contributed by atoms with E-state index in [2.05, 4.69) is 14.4 Å². The second-order valence-electron chi connectivity index (χ2n) is 8.73. The predicted octanol–water partition coefficient (Wildman–Crippen LogP) is 5.84. The van der Waals surface area contributed by atoms with Crippen molar-refractivity contribution < 1.29 is 13.3 Å². The molecule has 2 aliphatic rings. The fourth-order valence-electron chi connectivity index (χ4n) is 4.48. The summed E-state index contributed by atoms with van der Waals surface area (Å²) in [5, 5.41) is 11.1. The van der Waals surface area contributed by atoms with Crippen LogP contribution in [0.25, 0.3) is 0 Å². The fourth-order valence-corrected chi connectivity index (χ4v) is 5.51. The van der Waals surface area contributed by atoms with Crippen LogP contribution < -0.4 is 9.80 Å². The number of rotatable bonds is 5. The molecule has 2 aromatic carbocycles. The van der Waals surface area contributed by atoms with Crippen LogP contribution in [0.2, 0.25) is 0 Å². The van der Waals surface area contributed by atoms with E-state index < -0.39 is 14.9 Å². The van der Waals surface area contributed by atoms with Crippen LogP contribution in [0.3, 0.4) is 0 Å². The molecule has 0 bridgehead atoms. The second kappa shape index (κ2) is 10.0. The summed E-state index contributed by atoms with van der Waals surface area (Å²) in [6, 6.07) is 24.1. The molecule has 1 aliphatic carbocycles. The standard InChI is InChI=1S/C29H20N6O4S/c36-35(37)23-8-7-9-24(20-23)40(38,39)32-22-16-14-21(15-17-22)29-33(27-12-3-5-18-30-27)25-10-1-2-11-26(25)34(29)28-13-4-6-19-31-28/h1-20H. The minimum absolute atomic E-state index is 0.181. The van der Waals surface area contributed by atoms with Gasteiger partial charge in [-0.1, -0.05) is 30.3 Å². The van der Waals surface area contributed by atoms with Gasteiger partial charge in [0.25, 0.3) is 15.7 Å². The average Bonchev–Trinajstić information content (AvgIpc) is 3.33. The lowest BCUT2D eigenvalue weighted by Crippen LogP contribution is -2.25. The van der Waals surface area contributed by atoms with Gasteiger partial charge in [0.2, 0.25) is 0 Å². The summed E-state index contributed by atoms with van der Waals surface area (Å²) in [7, 11) is -4.18. The molecule has 0 fully saturated rings. The van der Waals surface area contributed by atoms with E-state index in [1.165, 1.54) is 18.2 Å². The highest BCUT2D eigenvalue weighted by molar-refractivity contribution is 7.90. The average molecular weight is 549 g/mol. The third-order valence-electron chi connectivity index (χ3n) is 6.22. The minimum Gasteiger partial charge on any atom is -0.277 e. The maximum Gasteiger partial charge on any atom is 0.283 e. The Hall–Kier alpha value is -5.42. The van der Waals surface area contributed by atoms with Crippen molar-refractivity contribution in [3.8, 4) is 0 Å². The van der Waals surface area contributed by atoms with E-state index in [0.717, 1.165) is 28.8 Å². The molecule has 0 unspecified atom stereocenters. The molecule has 0 spiro atoms. The van der Waals surface area contributed by atoms with Gasteiger partial charge in [-0.15, -0.1) is 0 Å². The summed E-state index contributed by atoms with van der Waals surface area (Å²) < 4.78 is 29.7. The molecule has 0 N–H and O–H groups in total. The Labute approximate surface area is 229 Å². The lowest BCUT2D eigenvalue weighted by Gasteiger charge is -2.26. The molecule has 0 saturated carbocycles. The number of hydrogen-bond donors (Lipinski definition) is 0. The van der Waals surface area contributed by atoms with Crippen molar-refractivity contribution in [2.24, 2.45) is 4.40 Å². The van der Waals surface area contributed by atoms with E-state index in [-0.39, 0.29) is 16.3 Å². The number of nitro groups is 1. The molecule has 2 aromatic heterocycles. The van der Waals surface area contributed by atoms with E-state index in [1.54, 1.807) is 36.7 Å². The molecular formula is C29H20N6O4S. The molecule has 11 heteroatoms. The third-order valence-corrected chi connectivity index (χ3v) is 7.52. The summed E-state index contributed by atoms with van der Waals surface area (Å²) in [4.78, 5) is 23.4. The van der Waals surface area contributed by atoms with E-state index in [9.17, 15) is 18.5 Å². The summed E-state index contributed by atoms with van der Waals surface area (Å²) in [6.45, 7) is 0. The highest BCUT2D eigenvalue weighted by Crippen LogP contribution is 2.49. The van der Waals surface area contributed by atoms with Crippen LogP contribution in [0.5, 0.6) is 0 Å². The van der Waals surface area contributed by atoms with Crippen LogP contribution in [-0.2, 0) is 10.0 Å². The van der Waals surface area contributed by atoms with Crippen LogP contribution in [0.4, 0.5) is 28.7 Å². The third kappa shape index (κ3) is 4.54. The maximum atomic E-state index is 12.9. The van der Waals surface area contributed by atoms with Crippen molar-refractivity contribution in [2.45, 2.75) is 4.90 Å². The van der Waals surface area contributed by atoms with Crippen LogP contribution in [0, 0.1) is 10.1 Å². The summed E-state index contributed by atoms with van der Waals surface area (Å²) in [6.07, 6.45) is 10.2. The molecule has 4 aromatic rings. The summed E-state index contributed by atoms with van der Waals surface area (Å²) in [5.41, 5.74) is 2.43. The first-order valence-electron chi connectivity index (χ1n) is 12.1. The van der Waals surface area contributed by atoms with Gasteiger partial charge in [0.1, 0.15) is 17.5 Å². The van der Waals surface area contributed by atoms with E-state index in [1.807, 2.05) is 70.5 Å². The summed E-state index contributed by atoms with van der Waals surface area (Å²) in [5.74, 6) is 2.16. The van der Waals surface area contributed by atoms with Crippen LogP contribution in [-0.4, -0.2) is 29.0 Å². The molecule has 6 rings (SSSR count). The van der Waals surface area contributed by atoms with Gasteiger partial charge in [0, 0.05) is 30.1 Å². The predicted molar refractivity (Wildman–Crippen MR) is 152 cm³/mol. The first-order chi connectivity index (χ1) is 19.4. The van der Waals surface area contributed by atoms with Gasteiger partial charge >= 0.3 is 0 Å². The number of benzene rings is 2. The molecule has 0 radical (unpaired) electrons. The van der Waals surface area contributed by atoms with Crippen LogP contribution in [0.1, 0.15) is 0 Å².